The minimum Gasteiger partial charge on any atom is -0.493 e. The van der Waals surface area contributed by atoms with Crippen LogP contribution in [-0.2, 0) is 6.61 Å². The van der Waals surface area contributed by atoms with Crippen molar-refractivity contribution in [1.82, 2.24) is 5.43 Å². The number of nitrogens with zero attached hydrogens (tertiary/aromatic N) is 1. The van der Waals surface area contributed by atoms with Crippen LogP contribution < -0.4 is 14.9 Å². The van der Waals surface area contributed by atoms with Gasteiger partial charge in [-0.1, -0.05) is 41.4 Å². The standard InChI is InChI=1S/C23H21ClN2O3/c1-16-4-3-5-18(12-16)15-29-21-11-6-17(13-22(21)28-2)14-25-26-23(27)19-7-9-20(24)10-8-19/h3-14H,15H2,1-2H3,(H,26,27)/b25-14-. The van der Waals surface area contributed by atoms with Crippen LogP contribution in [0.1, 0.15) is 27.0 Å². The first-order chi connectivity index (χ1) is 14.0. The van der Waals surface area contributed by atoms with E-state index in [1.807, 2.05) is 37.3 Å². The van der Waals surface area contributed by atoms with E-state index in [1.165, 1.54) is 5.56 Å². The summed E-state index contributed by atoms with van der Waals surface area (Å²) in [5.74, 6) is 0.907. The molecule has 0 unspecified atom stereocenters. The summed E-state index contributed by atoms with van der Waals surface area (Å²) in [4.78, 5) is 12.1. The fourth-order valence-electron chi connectivity index (χ4n) is 2.68. The van der Waals surface area contributed by atoms with Crippen LogP contribution in [0.25, 0.3) is 0 Å². The molecule has 6 heteroatoms. The molecule has 1 amide bonds. The fourth-order valence-corrected chi connectivity index (χ4v) is 2.80. The van der Waals surface area contributed by atoms with Gasteiger partial charge in [-0.2, -0.15) is 5.10 Å². The first kappa shape index (κ1) is 20.4. The molecule has 0 aliphatic heterocycles. The van der Waals surface area contributed by atoms with Crippen molar-refractivity contribution in [2.24, 2.45) is 5.10 Å². The number of hydrogen-bond donors (Lipinski definition) is 1. The lowest BCUT2D eigenvalue weighted by molar-refractivity contribution is 0.0955. The van der Waals surface area contributed by atoms with Crippen LogP contribution in [0.2, 0.25) is 5.02 Å². The molecule has 1 N–H and O–H groups in total. The highest BCUT2D eigenvalue weighted by Gasteiger charge is 2.07. The van der Waals surface area contributed by atoms with E-state index in [0.29, 0.717) is 28.7 Å². The summed E-state index contributed by atoms with van der Waals surface area (Å²) >= 11 is 5.82. The first-order valence-electron chi connectivity index (χ1n) is 9.00. The number of hydrogen-bond acceptors (Lipinski definition) is 4. The Hall–Kier alpha value is -3.31. The quantitative estimate of drug-likeness (QED) is 0.442. The van der Waals surface area contributed by atoms with Crippen LogP contribution >= 0.6 is 11.6 Å². The molecule has 0 heterocycles. The van der Waals surface area contributed by atoms with E-state index in [-0.39, 0.29) is 5.91 Å². The lowest BCUT2D eigenvalue weighted by Crippen LogP contribution is -2.17. The number of hydrazone groups is 1. The van der Waals surface area contributed by atoms with Crippen molar-refractivity contribution in [1.29, 1.82) is 0 Å². The van der Waals surface area contributed by atoms with E-state index in [4.69, 9.17) is 21.1 Å². The van der Waals surface area contributed by atoms with Crippen LogP contribution in [0.3, 0.4) is 0 Å². The monoisotopic (exact) mass is 408 g/mol. The number of aryl methyl sites for hydroxylation is 1. The Kier molecular flexibility index (Phi) is 6.87. The maximum atomic E-state index is 12.1. The lowest BCUT2D eigenvalue weighted by atomic mass is 10.1. The van der Waals surface area contributed by atoms with Gasteiger partial charge in [-0.15, -0.1) is 0 Å². The van der Waals surface area contributed by atoms with Crippen LogP contribution in [0.5, 0.6) is 11.5 Å². The zero-order valence-electron chi connectivity index (χ0n) is 16.2. The topological polar surface area (TPSA) is 59.9 Å². The second-order valence-corrected chi connectivity index (χ2v) is 6.83. The molecule has 0 aromatic heterocycles. The zero-order chi connectivity index (χ0) is 20.6. The molecule has 0 saturated heterocycles. The number of carbonyl (C=O) groups is 1. The molecular weight excluding hydrogens is 388 g/mol. The number of benzene rings is 3. The highest BCUT2D eigenvalue weighted by atomic mass is 35.5. The Morgan fingerprint density at radius 3 is 2.59 bits per heavy atom. The highest BCUT2D eigenvalue weighted by Crippen LogP contribution is 2.28. The minimum absolute atomic E-state index is 0.317. The van der Waals surface area contributed by atoms with Gasteiger partial charge in [0.1, 0.15) is 6.61 Å². The average molecular weight is 409 g/mol. The molecule has 0 spiro atoms. The Morgan fingerprint density at radius 1 is 1.07 bits per heavy atom. The molecule has 3 aromatic carbocycles. The van der Waals surface area contributed by atoms with E-state index in [2.05, 4.69) is 16.6 Å². The predicted octanol–water partition coefficient (Wildman–Crippen LogP) is 5.00. The van der Waals surface area contributed by atoms with Gasteiger partial charge in [0.25, 0.3) is 5.91 Å². The summed E-state index contributed by atoms with van der Waals surface area (Å²) in [5, 5.41) is 4.57. The van der Waals surface area contributed by atoms with Crippen molar-refractivity contribution in [2.45, 2.75) is 13.5 Å². The zero-order valence-corrected chi connectivity index (χ0v) is 16.9. The van der Waals surface area contributed by atoms with Crippen molar-refractivity contribution in [3.8, 4) is 11.5 Å². The van der Waals surface area contributed by atoms with Gasteiger partial charge in [-0.25, -0.2) is 5.43 Å². The lowest BCUT2D eigenvalue weighted by Gasteiger charge is -2.11. The molecule has 3 aromatic rings. The molecule has 0 bridgehead atoms. The third kappa shape index (κ3) is 5.83. The SMILES string of the molecule is COc1cc(/C=N\NC(=O)c2ccc(Cl)cc2)ccc1OCc1cccc(C)c1. The summed E-state index contributed by atoms with van der Waals surface area (Å²) in [5.41, 5.74) is 6.00. The van der Waals surface area contributed by atoms with Gasteiger partial charge < -0.3 is 9.47 Å². The largest absolute Gasteiger partial charge is 0.493 e. The predicted molar refractivity (Wildman–Crippen MR) is 115 cm³/mol. The molecule has 5 nitrogen and oxygen atoms in total. The van der Waals surface area contributed by atoms with E-state index < -0.39 is 0 Å². The Labute approximate surface area is 174 Å². The van der Waals surface area contributed by atoms with Gasteiger partial charge in [-0.3, -0.25) is 4.79 Å². The van der Waals surface area contributed by atoms with E-state index in [0.717, 1.165) is 11.1 Å². The van der Waals surface area contributed by atoms with Gasteiger partial charge >= 0.3 is 0 Å². The summed E-state index contributed by atoms with van der Waals surface area (Å²) in [7, 11) is 1.58. The number of halogens is 1. The fraction of sp³-hybridized carbons (Fsp3) is 0.130. The van der Waals surface area contributed by atoms with Crippen molar-refractivity contribution >= 4 is 23.7 Å². The van der Waals surface area contributed by atoms with Gasteiger partial charge in [0.15, 0.2) is 11.5 Å². The molecule has 0 aliphatic rings. The first-order valence-corrected chi connectivity index (χ1v) is 9.38. The highest BCUT2D eigenvalue weighted by molar-refractivity contribution is 6.30. The summed E-state index contributed by atoms with van der Waals surface area (Å²) in [6.45, 7) is 2.49. The molecule has 0 aliphatic carbocycles. The summed E-state index contributed by atoms with van der Waals surface area (Å²) in [6, 6.07) is 20.2. The molecular formula is C23H21ClN2O3. The number of methoxy groups -OCH3 is 1. The van der Waals surface area contributed by atoms with Crippen LogP contribution in [0, 0.1) is 6.92 Å². The second kappa shape index (κ2) is 9.75. The number of carbonyl (C=O) groups excluding carboxylic acids is 1. The third-order valence-corrected chi connectivity index (χ3v) is 4.40. The van der Waals surface area contributed by atoms with E-state index in [9.17, 15) is 4.79 Å². The van der Waals surface area contributed by atoms with E-state index >= 15 is 0 Å². The minimum atomic E-state index is -0.317. The summed E-state index contributed by atoms with van der Waals surface area (Å²) < 4.78 is 11.3. The van der Waals surface area contributed by atoms with Gasteiger partial charge in [0.2, 0.25) is 0 Å². The molecule has 0 radical (unpaired) electrons. The molecule has 148 valence electrons. The Balaban J connectivity index is 1.62. The molecule has 0 saturated carbocycles. The number of amides is 1. The third-order valence-electron chi connectivity index (χ3n) is 4.15. The maximum Gasteiger partial charge on any atom is 0.271 e. The van der Waals surface area contributed by atoms with Gasteiger partial charge in [0, 0.05) is 10.6 Å². The molecule has 3 rings (SSSR count). The molecule has 0 atom stereocenters. The maximum absolute atomic E-state index is 12.1. The smallest absolute Gasteiger partial charge is 0.271 e. The second-order valence-electron chi connectivity index (χ2n) is 6.39. The van der Waals surface area contributed by atoms with Crippen molar-refractivity contribution in [3.05, 3.63) is 94.0 Å². The van der Waals surface area contributed by atoms with Crippen molar-refractivity contribution in [2.75, 3.05) is 7.11 Å². The van der Waals surface area contributed by atoms with Crippen LogP contribution in [-0.4, -0.2) is 19.2 Å². The van der Waals surface area contributed by atoms with Crippen molar-refractivity contribution in [3.63, 3.8) is 0 Å². The van der Waals surface area contributed by atoms with Gasteiger partial charge in [-0.05, 0) is 60.5 Å². The van der Waals surface area contributed by atoms with Crippen molar-refractivity contribution < 1.29 is 14.3 Å². The van der Waals surface area contributed by atoms with E-state index in [1.54, 1.807) is 43.7 Å². The summed E-state index contributed by atoms with van der Waals surface area (Å²) in [6.07, 6.45) is 1.54. The van der Waals surface area contributed by atoms with Gasteiger partial charge in [0.05, 0.1) is 13.3 Å². The number of rotatable bonds is 7. The Bertz CT molecular complexity index is 1020. The molecule has 0 fully saturated rings. The van der Waals surface area contributed by atoms with Crippen LogP contribution in [0.15, 0.2) is 71.8 Å². The Morgan fingerprint density at radius 2 is 1.86 bits per heavy atom. The number of nitrogens with one attached hydrogen (secondary N) is 1. The number of ether oxygens (including phenoxy) is 2. The normalized spacial score (nSPS) is 10.7. The average Bonchev–Trinajstić information content (AvgIpc) is 2.73. The molecule has 29 heavy (non-hydrogen) atoms. The van der Waals surface area contributed by atoms with Crippen LogP contribution in [0.4, 0.5) is 0 Å².